The van der Waals surface area contributed by atoms with Crippen molar-refractivity contribution in [1.82, 2.24) is 4.98 Å². The lowest BCUT2D eigenvalue weighted by molar-refractivity contribution is 0.867. The number of hydrogen-bond acceptors (Lipinski definition) is 3. The van der Waals surface area contributed by atoms with Crippen LogP contribution in [0, 0.1) is 11.3 Å². The highest BCUT2D eigenvalue weighted by molar-refractivity contribution is 6.35. The van der Waals surface area contributed by atoms with E-state index in [0.717, 1.165) is 11.1 Å². The summed E-state index contributed by atoms with van der Waals surface area (Å²) in [5, 5.41) is 10.6. The first-order valence-corrected chi connectivity index (χ1v) is 8.92. The SMILES string of the molecule is CC(C)c1ccc(-c2cc(-c3cc(Cl)ccc3Cl)nc(N)c2C#N)cc1. The normalized spacial score (nSPS) is 10.8. The van der Waals surface area contributed by atoms with E-state index in [1.54, 1.807) is 18.2 Å². The van der Waals surface area contributed by atoms with Crippen molar-refractivity contribution in [3.8, 4) is 28.5 Å². The molecule has 1 aromatic heterocycles. The van der Waals surface area contributed by atoms with Gasteiger partial charge in [-0.1, -0.05) is 61.3 Å². The number of nitrogens with zero attached hydrogens (tertiary/aromatic N) is 2. The molecule has 0 saturated carbocycles. The van der Waals surface area contributed by atoms with Crippen LogP contribution in [0.15, 0.2) is 48.5 Å². The minimum absolute atomic E-state index is 0.170. The highest BCUT2D eigenvalue weighted by atomic mass is 35.5. The maximum Gasteiger partial charge on any atom is 0.142 e. The third kappa shape index (κ3) is 3.53. The van der Waals surface area contributed by atoms with Crippen molar-refractivity contribution in [2.45, 2.75) is 19.8 Å². The molecule has 0 radical (unpaired) electrons. The lowest BCUT2D eigenvalue weighted by Crippen LogP contribution is -2.00. The Morgan fingerprint density at radius 3 is 2.31 bits per heavy atom. The number of nitriles is 1. The number of nitrogens with two attached hydrogens (primary N) is 1. The number of rotatable bonds is 3. The fourth-order valence-electron chi connectivity index (χ4n) is 2.79. The molecule has 0 aliphatic heterocycles. The third-order valence-corrected chi connectivity index (χ3v) is 4.82. The van der Waals surface area contributed by atoms with E-state index in [0.29, 0.717) is 32.8 Å². The molecule has 2 aromatic carbocycles. The summed E-state index contributed by atoms with van der Waals surface area (Å²) >= 11 is 12.4. The Morgan fingerprint density at radius 1 is 1.00 bits per heavy atom. The second-order valence-corrected chi connectivity index (χ2v) is 7.17. The summed E-state index contributed by atoms with van der Waals surface area (Å²) in [4.78, 5) is 4.36. The van der Waals surface area contributed by atoms with Crippen LogP contribution in [0.3, 0.4) is 0 Å². The zero-order valence-electron chi connectivity index (χ0n) is 14.4. The summed E-state index contributed by atoms with van der Waals surface area (Å²) in [7, 11) is 0. The van der Waals surface area contributed by atoms with E-state index in [9.17, 15) is 5.26 Å². The minimum Gasteiger partial charge on any atom is -0.383 e. The van der Waals surface area contributed by atoms with Crippen molar-refractivity contribution < 1.29 is 0 Å². The van der Waals surface area contributed by atoms with Gasteiger partial charge in [0, 0.05) is 16.1 Å². The van der Waals surface area contributed by atoms with Crippen molar-refractivity contribution in [2.24, 2.45) is 0 Å². The summed E-state index contributed by atoms with van der Waals surface area (Å²) in [6.07, 6.45) is 0. The molecule has 0 unspecified atom stereocenters. The molecular formula is C21H17Cl2N3. The number of aromatic nitrogens is 1. The first kappa shape index (κ1) is 18.3. The average Bonchev–Trinajstić information content (AvgIpc) is 2.63. The molecule has 3 rings (SSSR count). The van der Waals surface area contributed by atoms with Gasteiger partial charge >= 0.3 is 0 Å². The topological polar surface area (TPSA) is 62.7 Å². The van der Waals surface area contributed by atoms with Gasteiger partial charge in [-0.05, 0) is 41.3 Å². The first-order valence-electron chi connectivity index (χ1n) is 8.17. The molecule has 3 nitrogen and oxygen atoms in total. The summed E-state index contributed by atoms with van der Waals surface area (Å²) < 4.78 is 0. The standard InChI is InChI=1S/C21H17Cl2N3/c1-12(2)13-3-5-14(6-4-13)16-10-20(26-21(25)18(16)11-24)17-9-15(22)7-8-19(17)23/h3-10,12H,1-2H3,(H2,25,26). The number of benzene rings is 2. The molecule has 0 bridgehead atoms. The molecule has 26 heavy (non-hydrogen) atoms. The van der Waals surface area contributed by atoms with E-state index in [1.165, 1.54) is 5.56 Å². The van der Waals surface area contributed by atoms with Crippen molar-refractivity contribution in [1.29, 1.82) is 5.26 Å². The monoisotopic (exact) mass is 381 g/mol. The van der Waals surface area contributed by atoms with E-state index < -0.39 is 0 Å². The van der Waals surface area contributed by atoms with Crippen LogP contribution in [0.25, 0.3) is 22.4 Å². The lowest BCUT2D eigenvalue weighted by atomic mass is 9.95. The summed E-state index contributed by atoms with van der Waals surface area (Å²) in [6, 6.07) is 17.3. The average molecular weight is 382 g/mol. The molecule has 0 aliphatic carbocycles. The molecule has 3 aromatic rings. The van der Waals surface area contributed by atoms with Gasteiger partial charge in [0.1, 0.15) is 17.5 Å². The van der Waals surface area contributed by atoms with Crippen molar-refractivity contribution in [2.75, 3.05) is 5.73 Å². The molecule has 0 saturated heterocycles. The van der Waals surface area contributed by atoms with Gasteiger partial charge in [-0.2, -0.15) is 5.26 Å². The van der Waals surface area contributed by atoms with Crippen molar-refractivity contribution in [3.63, 3.8) is 0 Å². The van der Waals surface area contributed by atoms with E-state index in [2.05, 4.69) is 37.0 Å². The van der Waals surface area contributed by atoms with Gasteiger partial charge in [0.15, 0.2) is 0 Å². The predicted molar refractivity (Wildman–Crippen MR) is 108 cm³/mol. The minimum atomic E-state index is 0.170. The number of nitrogen functional groups attached to an aromatic ring is 1. The van der Waals surface area contributed by atoms with Crippen LogP contribution in [-0.4, -0.2) is 4.98 Å². The smallest absolute Gasteiger partial charge is 0.142 e. The van der Waals surface area contributed by atoms with Crippen molar-refractivity contribution >= 4 is 29.0 Å². The Balaban J connectivity index is 2.20. The van der Waals surface area contributed by atoms with Crippen LogP contribution in [0.2, 0.25) is 10.0 Å². The fourth-order valence-corrected chi connectivity index (χ4v) is 3.18. The molecule has 0 fully saturated rings. The first-order chi connectivity index (χ1) is 12.4. The van der Waals surface area contributed by atoms with Gasteiger partial charge in [0.05, 0.1) is 10.7 Å². The summed E-state index contributed by atoms with van der Waals surface area (Å²) in [6.45, 7) is 4.28. The molecular weight excluding hydrogens is 365 g/mol. The maximum absolute atomic E-state index is 9.55. The molecule has 0 atom stereocenters. The van der Waals surface area contributed by atoms with Crippen LogP contribution in [0.5, 0.6) is 0 Å². The molecule has 2 N–H and O–H groups in total. The molecule has 130 valence electrons. The fraction of sp³-hybridized carbons (Fsp3) is 0.143. The zero-order valence-corrected chi connectivity index (χ0v) is 15.9. The second kappa shape index (κ2) is 7.37. The van der Waals surface area contributed by atoms with E-state index in [-0.39, 0.29) is 5.82 Å². The number of pyridine rings is 1. The van der Waals surface area contributed by atoms with Crippen LogP contribution in [0.4, 0.5) is 5.82 Å². The summed E-state index contributed by atoms with van der Waals surface area (Å²) in [5.74, 6) is 0.604. The quantitative estimate of drug-likeness (QED) is 0.578. The Bertz CT molecular complexity index is 1000. The van der Waals surface area contributed by atoms with Gasteiger partial charge in [-0.15, -0.1) is 0 Å². The van der Waals surface area contributed by atoms with Gasteiger partial charge in [-0.3, -0.25) is 0 Å². The van der Waals surface area contributed by atoms with E-state index in [4.69, 9.17) is 28.9 Å². The van der Waals surface area contributed by atoms with Crippen molar-refractivity contribution in [3.05, 3.63) is 69.7 Å². The van der Waals surface area contributed by atoms with Gasteiger partial charge in [-0.25, -0.2) is 4.98 Å². The Hall–Kier alpha value is -2.54. The summed E-state index contributed by atoms with van der Waals surface area (Å²) in [5.41, 5.74) is 10.5. The van der Waals surface area contributed by atoms with Crippen LogP contribution in [-0.2, 0) is 0 Å². The zero-order chi connectivity index (χ0) is 18.8. The second-order valence-electron chi connectivity index (χ2n) is 6.33. The van der Waals surface area contributed by atoms with Crippen LogP contribution >= 0.6 is 23.2 Å². The van der Waals surface area contributed by atoms with Crippen LogP contribution in [0.1, 0.15) is 30.9 Å². The third-order valence-electron chi connectivity index (χ3n) is 4.25. The highest BCUT2D eigenvalue weighted by Gasteiger charge is 2.15. The highest BCUT2D eigenvalue weighted by Crippen LogP contribution is 2.35. The van der Waals surface area contributed by atoms with Gasteiger partial charge in [0.25, 0.3) is 0 Å². The van der Waals surface area contributed by atoms with Crippen LogP contribution < -0.4 is 5.73 Å². The van der Waals surface area contributed by atoms with Gasteiger partial charge in [0.2, 0.25) is 0 Å². The number of hydrogen-bond donors (Lipinski definition) is 1. The maximum atomic E-state index is 9.55. The molecule has 5 heteroatoms. The van der Waals surface area contributed by atoms with Gasteiger partial charge < -0.3 is 5.73 Å². The lowest BCUT2D eigenvalue weighted by Gasteiger charge is -2.12. The Morgan fingerprint density at radius 2 is 1.69 bits per heavy atom. The Kier molecular flexibility index (Phi) is 5.18. The molecule has 0 aliphatic rings. The largest absolute Gasteiger partial charge is 0.383 e. The molecule has 1 heterocycles. The number of halogens is 2. The Labute approximate surface area is 163 Å². The predicted octanol–water partition coefficient (Wildman–Crippen LogP) is 6.30. The molecule has 0 spiro atoms. The molecule has 0 amide bonds. The van der Waals surface area contributed by atoms with E-state index in [1.807, 2.05) is 18.2 Å². The number of anilines is 1. The van der Waals surface area contributed by atoms with E-state index >= 15 is 0 Å².